The molecule has 0 radical (unpaired) electrons. The lowest BCUT2D eigenvalue weighted by molar-refractivity contribution is 0.111. The van der Waals surface area contributed by atoms with Crippen molar-refractivity contribution in [1.82, 2.24) is 19.7 Å². The van der Waals surface area contributed by atoms with Crippen LogP contribution < -0.4 is 10.5 Å². The van der Waals surface area contributed by atoms with Gasteiger partial charge in [0, 0.05) is 30.2 Å². The molecule has 0 atom stereocenters. The van der Waals surface area contributed by atoms with E-state index >= 15 is 0 Å². The number of nitrogen functional groups attached to an aromatic ring is 1. The first-order valence-electron chi connectivity index (χ1n) is 8.92. The van der Waals surface area contributed by atoms with Gasteiger partial charge in [-0.25, -0.2) is 4.98 Å². The Balaban J connectivity index is 0.00000126. The summed E-state index contributed by atoms with van der Waals surface area (Å²) in [6.07, 6.45) is 5.64. The van der Waals surface area contributed by atoms with E-state index in [1.807, 2.05) is 36.7 Å². The molecule has 0 unspecified atom stereocenters. The average molecular weight is 367 g/mol. The number of ether oxygens (including phenoxy) is 1. The second kappa shape index (κ2) is 9.47. The third-order valence-electron chi connectivity index (χ3n) is 3.78. The lowest BCUT2D eigenvalue weighted by Gasteiger charge is -2.14. The summed E-state index contributed by atoms with van der Waals surface area (Å²) >= 11 is 0. The number of rotatable bonds is 6. The van der Waals surface area contributed by atoms with E-state index in [1.165, 1.54) is 6.20 Å². The van der Waals surface area contributed by atoms with Crippen molar-refractivity contribution < 1.29 is 9.53 Å². The third-order valence-corrected chi connectivity index (χ3v) is 3.78. The summed E-state index contributed by atoms with van der Waals surface area (Å²) in [5.74, 6) is 0.548. The monoisotopic (exact) mass is 367 g/mol. The smallest absolute Gasteiger partial charge is 0.157 e. The van der Waals surface area contributed by atoms with Gasteiger partial charge in [0.2, 0.25) is 0 Å². The SMILES string of the molecule is CC.CC(C)n1nccc1-c1ncccc1COc1ccnc(N)c1C=O. The maximum absolute atomic E-state index is 11.2. The van der Waals surface area contributed by atoms with Gasteiger partial charge in [-0.3, -0.25) is 14.5 Å². The highest BCUT2D eigenvalue weighted by molar-refractivity contribution is 5.85. The number of aromatic nitrogens is 4. The molecular weight excluding hydrogens is 342 g/mol. The van der Waals surface area contributed by atoms with Crippen LogP contribution in [-0.2, 0) is 6.61 Å². The van der Waals surface area contributed by atoms with Gasteiger partial charge >= 0.3 is 0 Å². The topological polar surface area (TPSA) is 95.9 Å². The Kier molecular flexibility index (Phi) is 7.05. The van der Waals surface area contributed by atoms with Crippen LogP contribution in [0.5, 0.6) is 5.75 Å². The molecule has 0 saturated heterocycles. The van der Waals surface area contributed by atoms with Crippen LogP contribution in [0, 0.1) is 0 Å². The van der Waals surface area contributed by atoms with Crippen molar-refractivity contribution in [2.45, 2.75) is 40.3 Å². The molecule has 27 heavy (non-hydrogen) atoms. The van der Waals surface area contributed by atoms with Crippen LogP contribution in [0.25, 0.3) is 11.4 Å². The fraction of sp³-hybridized carbons (Fsp3) is 0.300. The molecule has 0 spiro atoms. The summed E-state index contributed by atoms with van der Waals surface area (Å²) in [5, 5.41) is 4.36. The summed E-state index contributed by atoms with van der Waals surface area (Å²) in [6, 6.07) is 7.54. The van der Waals surface area contributed by atoms with Crippen LogP contribution >= 0.6 is 0 Å². The molecule has 3 aromatic heterocycles. The van der Waals surface area contributed by atoms with Crippen molar-refractivity contribution in [3.8, 4) is 17.1 Å². The molecule has 0 aliphatic heterocycles. The lowest BCUT2D eigenvalue weighted by atomic mass is 10.1. The molecule has 0 aromatic carbocycles. The first-order valence-corrected chi connectivity index (χ1v) is 8.92. The maximum atomic E-state index is 11.2. The van der Waals surface area contributed by atoms with Crippen LogP contribution in [0.2, 0.25) is 0 Å². The van der Waals surface area contributed by atoms with E-state index in [9.17, 15) is 4.79 Å². The summed E-state index contributed by atoms with van der Waals surface area (Å²) < 4.78 is 7.72. The van der Waals surface area contributed by atoms with E-state index in [-0.39, 0.29) is 24.0 Å². The van der Waals surface area contributed by atoms with Gasteiger partial charge in [0.05, 0.1) is 17.0 Å². The van der Waals surface area contributed by atoms with E-state index in [0.29, 0.717) is 12.0 Å². The van der Waals surface area contributed by atoms with Crippen LogP contribution in [0.3, 0.4) is 0 Å². The summed E-state index contributed by atoms with van der Waals surface area (Å²) in [7, 11) is 0. The van der Waals surface area contributed by atoms with Crippen molar-refractivity contribution in [3.63, 3.8) is 0 Å². The Hall–Kier alpha value is -3.22. The fourth-order valence-corrected chi connectivity index (χ4v) is 2.57. The Bertz CT molecular complexity index is 890. The van der Waals surface area contributed by atoms with E-state index in [0.717, 1.165) is 17.0 Å². The molecule has 0 aliphatic rings. The van der Waals surface area contributed by atoms with Gasteiger partial charge in [-0.1, -0.05) is 19.9 Å². The number of nitrogens with two attached hydrogens (primary N) is 1. The molecule has 0 aliphatic carbocycles. The minimum atomic E-state index is 0.150. The van der Waals surface area contributed by atoms with Crippen molar-refractivity contribution in [1.29, 1.82) is 0 Å². The minimum Gasteiger partial charge on any atom is -0.488 e. The zero-order valence-corrected chi connectivity index (χ0v) is 16.1. The molecular formula is C20H25N5O2. The zero-order chi connectivity index (χ0) is 19.8. The summed E-state index contributed by atoms with van der Waals surface area (Å²) in [5.41, 5.74) is 8.56. The first-order chi connectivity index (χ1) is 13.1. The normalized spacial score (nSPS) is 10.3. The molecule has 0 fully saturated rings. The summed E-state index contributed by atoms with van der Waals surface area (Å²) in [4.78, 5) is 19.6. The van der Waals surface area contributed by atoms with Gasteiger partial charge in [-0.2, -0.15) is 5.10 Å². The molecule has 142 valence electrons. The van der Waals surface area contributed by atoms with Crippen molar-refractivity contribution >= 4 is 12.1 Å². The van der Waals surface area contributed by atoms with E-state index in [4.69, 9.17) is 10.5 Å². The molecule has 7 nitrogen and oxygen atoms in total. The highest BCUT2D eigenvalue weighted by Crippen LogP contribution is 2.26. The zero-order valence-electron chi connectivity index (χ0n) is 16.1. The van der Waals surface area contributed by atoms with E-state index < -0.39 is 0 Å². The highest BCUT2D eigenvalue weighted by atomic mass is 16.5. The number of anilines is 1. The lowest BCUT2D eigenvalue weighted by Crippen LogP contribution is -2.08. The predicted molar refractivity (Wildman–Crippen MR) is 106 cm³/mol. The number of carbonyl (C=O) groups is 1. The van der Waals surface area contributed by atoms with Gasteiger partial charge in [-0.15, -0.1) is 0 Å². The minimum absolute atomic E-state index is 0.150. The van der Waals surface area contributed by atoms with Gasteiger partial charge in [0.1, 0.15) is 18.2 Å². The third kappa shape index (κ3) is 4.49. The van der Waals surface area contributed by atoms with Crippen molar-refractivity contribution in [2.75, 3.05) is 5.73 Å². The van der Waals surface area contributed by atoms with Crippen LogP contribution in [0.15, 0.2) is 42.9 Å². The standard InChI is InChI=1S/C18H19N5O2.C2H6/c1-12(2)23-15(5-9-22-23)17-13(4-3-7-20-17)11-25-16-6-8-21-18(19)14(16)10-24;1-2/h3-10,12H,11H2,1-2H3,(H2,19,21);1-2H3. The van der Waals surface area contributed by atoms with Crippen molar-refractivity contribution in [3.05, 3.63) is 54.0 Å². The Morgan fingerprint density at radius 2 is 1.93 bits per heavy atom. The van der Waals surface area contributed by atoms with Crippen LogP contribution in [0.4, 0.5) is 5.82 Å². The molecule has 7 heteroatoms. The number of hydrogen-bond acceptors (Lipinski definition) is 6. The first kappa shape index (κ1) is 20.1. The number of aldehydes is 1. The van der Waals surface area contributed by atoms with Gasteiger partial charge < -0.3 is 10.5 Å². The van der Waals surface area contributed by atoms with E-state index in [1.54, 1.807) is 18.5 Å². The van der Waals surface area contributed by atoms with Crippen LogP contribution in [0.1, 0.15) is 49.7 Å². The maximum Gasteiger partial charge on any atom is 0.157 e. The van der Waals surface area contributed by atoms with E-state index in [2.05, 4.69) is 28.9 Å². The second-order valence-electron chi connectivity index (χ2n) is 5.78. The van der Waals surface area contributed by atoms with Gasteiger partial charge in [0.25, 0.3) is 0 Å². The molecule has 3 rings (SSSR count). The second-order valence-corrected chi connectivity index (χ2v) is 5.78. The largest absolute Gasteiger partial charge is 0.488 e. The molecule has 3 heterocycles. The predicted octanol–water partition coefficient (Wildman–Crippen LogP) is 3.92. The van der Waals surface area contributed by atoms with Gasteiger partial charge in [-0.05, 0) is 32.0 Å². The number of hydrogen-bond donors (Lipinski definition) is 1. The number of pyridine rings is 2. The average Bonchev–Trinajstić information content (AvgIpc) is 3.18. The number of nitrogens with zero attached hydrogens (tertiary/aromatic N) is 4. The van der Waals surface area contributed by atoms with Crippen LogP contribution in [-0.4, -0.2) is 26.0 Å². The summed E-state index contributed by atoms with van der Waals surface area (Å²) in [6.45, 7) is 8.37. The molecule has 0 bridgehead atoms. The number of carbonyl (C=O) groups excluding carboxylic acids is 1. The fourth-order valence-electron chi connectivity index (χ4n) is 2.57. The quantitative estimate of drug-likeness (QED) is 0.663. The molecule has 2 N–H and O–H groups in total. The molecule has 0 saturated carbocycles. The molecule has 0 amide bonds. The Morgan fingerprint density at radius 3 is 2.63 bits per heavy atom. The molecule has 3 aromatic rings. The Morgan fingerprint density at radius 1 is 1.15 bits per heavy atom. The van der Waals surface area contributed by atoms with Crippen molar-refractivity contribution in [2.24, 2.45) is 0 Å². The highest BCUT2D eigenvalue weighted by Gasteiger charge is 2.15. The van der Waals surface area contributed by atoms with Gasteiger partial charge in [0.15, 0.2) is 6.29 Å². The Labute approximate surface area is 159 Å².